The van der Waals surface area contributed by atoms with Crippen molar-refractivity contribution in [3.63, 3.8) is 0 Å². The number of fused-ring (bicyclic) bond motifs is 1. The molecule has 0 saturated carbocycles. The molecule has 24 heavy (non-hydrogen) atoms. The number of amides is 2. The second kappa shape index (κ2) is 6.84. The van der Waals surface area contributed by atoms with Crippen molar-refractivity contribution in [2.24, 2.45) is 0 Å². The molecule has 0 aliphatic heterocycles. The summed E-state index contributed by atoms with van der Waals surface area (Å²) >= 11 is 1.34. The Morgan fingerprint density at radius 3 is 2.88 bits per heavy atom. The van der Waals surface area contributed by atoms with Crippen molar-refractivity contribution in [1.82, 2.24) is 10.3 Å². The summed E-state index contributed by atoms with van der Waals surface area (Å²) in [5.41, 5.74) is 1.32. The number of thiazole rings is 1. The summed E-state index contributed by atoms with van der Waals surface area (Å²) in [6, 6.07) is 8.96. The molecule has 2 heterocycles. The lowest BCUT2D eigenvalue weighted by molar-refractivity contribution is -0.114. The molecule has 0 bridgehead atoms. The minimum atomic E-state index is -0.168. The van der Waals surface area contributed by atoms with E-state index in [9.17, 15) is 9.59 Å². The Morgan fingerprint density at radius 1 is 1.33 bits per heavy atom. The molecule has 0 radical (unpaired) electrons. The third kappa shape index (κ3) is 3.80. The maximum atomic E-state index is 12.4. The van der Waals surface area contributed by atoms with Gasteiger partial charge in [0.15, 0.2) is 5.13 Å². The van der Waals surface area contributed by atoms with E-state index in [4.69, 9.17) is 4.42 Å². The normalized spacial score (nSPS) is 12.1. The first-order valence-electron chi connectivity index (χ1n) is 7.52. The van der Waals surface area contributed by atoms with Gasteiger partial charge >= 0.3 is 0 Å². The molecule has 2 amide bonds. The molecule has 6 nitrogen and oxygen atoms in total. The zero-order valence-corrected chi connectivity index (χ0v) is 14.1. The molecule has 0 aliphatic rings. The van der Waals surface area contributed by atoms with Gasteiger partial charge in [0, 0.05) is 24.9 Å². The van der Waals surface area contributed by atoms with Crippen LogP contribution >= 0.6 is 11.3 Å². The van der Waals surface area contributed by atoms with Gasteiger partial charge in [0.05, 0.1) is 16.5 Å². The van der Waals surface area contributed by atoms with Gasteiger partial charge in [-0.25, -0.2) is 4.98 Å². The van der Waals surface area contributed by atoms with Gasteiger partial charge in [-0.3, -0.25) is 9.59 Å². The topological polar surface area (TPSA) is 84.2 Å². The third-order valence-corrected chi connectivity index (χ3v) is 4.33. The minimum Gasteiger partial charge on any atom is -0.469 e. The van der Waals surface area contributed by atoms with E-state index in [-0.39, 0.29) is 17.9 Å². The van der Waals surface area contributed by atoms with E-state index in [1.165, 1.54) is 18.3 Å². The number of nitrogens with one attached hydrogen (secondary N) is 2. The fourth-order valence-electron chi connectivity index (χ4n) is 2.36. The van der Waals surface area contributed by atoms with Crippen molar-refractivity contribution in [2.45, 2.75) is 26.3 Å². The Labute approximate surface area is 142 Å². The predicted molar refractivity (Wildman–Crippen MR) is 93.3 cm³/mol. The first-order valence-corrected chi connectivity index (χ1v) is 8.34. The van der Waals surface area contributed by atoms with Gasteiger partial charge in [-0.2, -0.15) is 0 Å². The molecule has 3 aromatic rings. The molecule has 0 saturated heterocycles. The average molecular weight is 343 g/mol. The molecular formula is C17H17N3O3S. The van der Waals surface area contributed by atoms with E-state index >= 15 is 0 Å². The molecule has 1 atom stereocenters. The molecule has 2 aromatic heterocycles. The summed E-state index contributed by atoms with van der Waals surface area (Å²) in [6.07, 6.45) is 2.25. The first-order chi connectivity index (χ1) is 11.5. The van der Waals surface area contributed by atoms with Crippen molar-refractivity contribution in [1.29, 1.82) is 0 Å². The minimum absolute atomic E-state index is 0.0456. The van der Waals surface area contributed by atoms with Crippen LogP contribution in [0, 0.1) is 0 Å². The van der Waals surface area contributed by atoms with Gasteiger partial charge in [-0.1, -0.05) is 11.3 Å². The van der Waals surface area contributed by atoms with Gasteiger partial charge in [0.2, 0.25) is 5.91 Å². The highest BCUT2D eigenvalue weighted by molar-refractivity contribution is 7.22. The molecule has 3 rings (SSSR count). The molecule has 7 heteroatoms. The number of carbonyl (C=O) groups is 2. The summed E-state index contributed by atoms with van der Waals surface area (Å²) in [6.45, 7) is 3.37. The largest absolute Gasteiger partial charge is 0.469 e. The standard InChI is InChI=1S/C17H17N3O3S/c1-10(8-13-4-3-7-23-13)18-16(22)12-5-6-14-15(9-12)24-17(20-14)19-11(2)21/h3-7,9-10H,8H2,1-2H3,(H,18,22)(H,19,20,21)/t10-/m0/s1. The van der Waals surface area contributed by atoms with Crippen LogP contribution in [0.2, 0.25) is 0 Å². The SMILES string of the molecule is CC(=O)Nc1nc2ccc(C(=O)N[C@@H](C)Cc3ccco3)cc2s1. The molecule has 0 aliphatic carbocycles. The van der Waals surface area contributed by atoms with Crippen LogP contribution in [0.15, 0.2) is 41.0 Å². The summed E-state index contributed by atoms with van der Waals surface area (Å²) in [5.74, 6) is 0.518. The Morgan fingerprint density at radius 2 is 2.17 bits per heavy atom. The molecule has 0 unspecified atom stereocenters. The van der Waals surface area contributed by atoms with Crippen molar-refractivity contribution in [2.75, 3.05) is 5.32 Å². The Kier molecular flexibility index (Phi) is 4.61. The van der Waals surface area contributed by atoms with E-state index in [1.807, 2.05) is 19.1 Å². The van der Waals surface area contributed by atoms with Gasteiger partial charge in [0.1, 0.15) is 5.76 Å². The fourth-order valence-corrected chi connectivity index (χ4v) is 3.31. The van der Waals surface area contributed by atoms with Crippen molar-refractivity contribution >= 4 is 38.5 Å². The fraction of sp³-hybridized carbons (Fsp3) is 0.235. The van der Waals surface area contributed by atoms with E-state index in [0.29, 0.717) is 17.1 Å². The number of rotatable bonds is 5. The van der Waals surface area contributed by atoms with Crippen LogP contribution < -0.4 is 10.6 Å². The van der Waals surface area contributed by atoms with Crippen LogP contribution in [-0.4, -0.2) is 22.8 Å². The number of anilines is 1. The second-order valence-corrected chi connectivity index (χ2v) is 6.57. The lowest BCUT2D eigenvalue weighted by atomic mass is 10.1. The van der Waals surface area contributed by atoms with Crippen LogP contribution in [0.4, 0.5) is 5.13 Å². The van der Waals surface area contributed by atoms with Crippen molar-refractivity contribution in [3.8, 4) is 0 Å². The van der Waals surface area contributed by atoms with Crippen LogP contribution in [0.1, 0.15) is 30.0 Å². The Hall–Kier alpha value is -2.67. The molecule has 0 spiro atoms. The summed E-state index contributed by atoms with van der Waals surface area (Å²) in [4.78, 5) is 27.8. The lowest BCUT2D eigenvalue weighted by Gasteiger charge is -2.12. The van der Waals surface area contributed by atoms with E-state index in [1.54, 1.807) is 24.5 Å². The highest BCUT2D eigenvalue weighted by atomic mass is 32.1. The first kappa shape index (κ1) is 16.2. The number of hydrogen-bond donors (Lipinski definition) is 2. The molecule has 1 aromatic carbocycles. The zero-order valence-electron chi connectivity index (χ0n) is 13.3. The van der Waals surface area contributed by atoms with Crippen LogP contribution in [0.25, 0.3) is 10.2 Å². The number of nitrogens with zero attached hydrogens (tertiary/aromatic N) is 1. The molecule has 124 valence electrons. The monoisotopic (exact) mass is 343 g/mol. The van der Waals surface area contributed by atoms with Gasteiger partial charge in [-0.05, 0) is 37.3 Å². The Bertz CT molecular complexity index is 870. The predicted octanol–water partition coefficient (Wildman–Crippen LogP) is 3.21. The summed E-state index contributed by atoms with van der Waals surface area (Å²) < 4.78 is 6.14. The lowest BCUT2D eigenvalue weighted by Crippen LogP contribution is -2.33. The quantitative estimate of drug-likeness (QED) is 0.745. The highest BCUT2D eigenvalue weighted by Gasteiger charge is 2.13. The number of hydrogen-bond acceptors (Lipinski definition) is 5. The highest BCUT2D eigenvalue weighted by Crippen LogP contribution is 2.26. The molecule has 0 fully saturated rings. The van der Waals surface area contributed by atoms with Crippen LogP contribution in [-0.2, 0) is 11.2 Å². The van der Waals surface area contributed by atoms with Crippen LogP contribution in [0.3, 0.4) is 0 Å². The van der Waals surface area contributed by atoms with Gasteiger partial charge in [-0.15, -0.1) is 0 Å². The van der Waals surface area contributed by atoms with Crippen molar-refractivity contribution < 1.29 is 14.0 Å². The van der Waals surface area contributed by atoms with Gasteiger partial charge < -0.3 is 15.1 Å². The van der Waals surface area contributed by atoms with Gasteiger partial charge in [0.25, 0.3) is 5.91 Å². The zero-order chi connectivity index (χ0) is 17.1. The number of benzene rings is 1. The second-order valence-electron chi connectivity index (χ2n) is 5.54. The summed E-state index contributed by atoms with van der Waals surface area (Å²) in [7, 11) is 0. The van der Waals surface area contributed by atoms with E-state index in [2.05, 4.69) is 15.6 Å². The Balaban J connectivity index is 1.71. The maximum absolute atomic E-state index is 12.4. The van der Waals surface area contributed by atoms with Crippen molar-refractivity contribution in [3.05, 3.63) is 47.9 Å². The van der Waals surface area contributed by atoms with E-state index in [0.717, 1.165) is 16.0 Å². The maximum Gasteiger partial charge on any atom is 0.251 e. The summed E-state index contributed by atoms with van der Waals surface area (Å²) in [5, 5.41) is 6.14. The molecular weight excluding hydrogens is 326 g/mol. The average Bonchev–Trinajstić information content (AvgIpc) is 3.14. The van der Waals surface area contributed by atoms with Crippen LogP contribution in [0.5, 0.6) is 0 Å². The number of aromatic nitrogens is 1. The smallest absolute Gasteiger partial charge is 0.251 e. The number of carbonyl (C=O) groups excluding carboxylic acids is 2. The molecule has 2 N–H and O–H groups in total. The van der Waals surface area contributed by atoms with E-state index < -0.39 is 0 Å². The number of furan rings is 1. The third-order valence-electron chi connectivity index (χ3n) is 3.40.